The predicted molar refractivity (Wildman–Crippen MR) is 127 cm³/mol. The standard InChI is InChI=1S/C25H23ClFN3O4/c26-20-9-5-10-21(27)19(20)16-30-22-11-2-1-8-18(22)24(32)29(25(30)33)13-4-3-12-23(31)28-15-17-7-6-14-34-17/h1-2,5-11,14H,3-4,12-13,15-16H2,(H,28,31). The van der Waals surface area contributed by atoms with Crippen molar-refractivity contribution in [3.63, 3.8) is 0 Å². The number of carbonyl (C=O) groups is 1. The third kappa shape index (κ3) is 5.12. The maximum absolute atomic E-state index is 14.4. The van der Waals surface area contributed by atoms with Gasteiger partial charge in [-0.15, -0.1) is 0 Å². The van der Waals surface area contributed by atoms with Crippen molar-refractivity contribution in [3.05, 3.63) is 104 Å². The first kappa shape index (κ1) is 23.5. The maximum Gasteiger partial charge on any atom is 0.331 e. The number of aromatic nitrogens is 2. The van der Waals surface area contributed by atoms with Crippen LogP contribution in [0, 0.1) is 5.82 Å². The Hall–Kier alpha value is -3.65. The first-order valence-corrected chi connectivity index (χ1v) is 11.3. The summed E-state index contributed by atoms with van der Waals surface area (Å²) in [5.74, 6) is -0.0118. The van der Waals surface area contributed by atoms with Crippen molar-refractivity contribution >= 4 is 28.4 Å². The lowest BCUT2D eigenvalue weighted by Crippen LogP contribution is -2.40. The van der Waals surface area contributed by atoms with E-state index in [0.717, 1.165) is 4.57 Å². The van der Waals surface area contributed by atoms with Crippen LogP contribution in [0.2, 0.25) is 5.02 Å². The fourth-order valence-corrected chi connectivity index (χ4v) is 4.03. The van der Waals surface area contributed by atoms with E-state index in [2.05, 4.69) is 5.32 Å². The highest BCUT2D eigenvalue weighted by molar-refractivity contribution is 6.31. The van der Waals surface area contributed by atoms with Crippen LogP contribution in [-0.4, -0.2) is 15.0 Å². The number of rotatable bonds is 9. The summed E-state index contributed by atoms with van der Waals surface area (Å²) in [6.07, 6.45) is 2.72. The molecule has 1 amide bonds. The maximum atomic E-state index is 14.4. The largest absolute Gasteiger partial charge is 0.467 e. The summed E-state index contributed by atoms with van der Waals surface area (Å²) < 4.78 is 22.1. The van der Waals surface area contributed by atoms with E-state index >= 15 is 0 Å². The molecule has 0 bridgehead atoms. The van der Waals surface area contributed by atoms with Crippen LogP contribution < -0.4 is 16.6 Å². The van der Waals surface area contributed by atoms with Gasteiger partial charge in [-0.1, -0.05) is 29.8 Å². The van der Waals surface area contributed by atoms with Crippen LogP contribution in [0.3, 0.4) is 0 Å². The van der Waals surface area contributed by atoms with E-state index in [-0.39, 0.29) is 36.0 Å². The number of unbranched alkanes of at least 4 members (excludes halogenated alkanes) is 1. The molecular formula is C25H23ClFN3O4. The second-order valence-electron chi connectivity index (χ2n) is 7.86. The van der Waals surface area contributed by atoms with Crippen molar-refractivity contribution in [1.29, 1.82) is 0 Å². The lowest BCUT2D eigenvalue weighted by atomic mass is 10.2. The summed E-state index contributed by atoms with van der Waals surface area (Å²) in [5, 5.41) is 3.32. The van der Waals surface area contributed by atoms with Crippen molar-refractivity contribution in [1.82, 2.24) is 14.5 Å². The average Bonchev–Trinajstić information content (AvgIpc) is 3.35. The minimum absolute atomic E-state index is 0.111. The zero-order valence-corrected chi connectivity index (χ0v) is 19.1. The van der Waals surface area contributed by atoms with E-state index in [0.29, 0.717) is 36.0 Å². The molecule has 7 nitrogen and oxygen atoms in total. The van der Waals surface area contributed by atoms with Gasteiger partial charge in [-0.2, -0.15) is 0 Å². The number of nitrogens with zero attached hydrogens (tertiary/aromatic N) is 2. The third-order valence-electron chi connectivity index (χ3n) is 5.59. The van der Waals surface area contributed by atoms with Crippen LogP contribution in [0.1, 0.15) is 30.6 Å². The Bertz CT molecular complexity index is 1410. The SMILES string of the molecule is O=C(CCCCn1c(=O)c2ccccc2n(Cc2c(F)cccc2Cl)c1=O)NCc1ccco1. The average molecular weight is 484 g/mol. The van der Waals surface area contributed by atoms with E-state index in [4.69, 9.17) is 16.0 Å². The van der Waals surface area contributed by atoms with E-state index in [1.165, 1.54) is 23.0 Å². The monoisotopic (exact) mass is 483 g/mol. The molecule has 2 aromatic heterocycles. The Morgan fingerprint density at radius 2 is 1.82 bits per heavy atom. The summed E-state index contributed by atoms with van der Waals surface area (Å²) in [6, 6.07) is 14.6. The molecule has 4 aromatic rings. The van der Waals surface area contributed by atoms with Crippen LogP contribution >= 0.6 is 11.6 Å². The molecule has 0 aliphatic carbocycles. The first-order valence-electron chi connectivity index (χ1n) is 10.9. The summed E-state index contributed by atoms with van der Waals surface area (Å²) in [5.41, 5.74) is -0.385. The summed E-state index contributed by atoms with van der Waals surface area (Å²) in [4.78, 5) is 38.3. The van der Waals surface area contributed by atoms with Gasteiger partial charge in [0.2, 0.25) is 5.91 Å². The highest BCUT2D eigenvalue weighted by atomic mass is 35.5. The van der Waals surface area contributed by atoms with Crippen molar-refractivity contribution < 1.29 is 13.6 Å². The number of nitrogens with one attached hydrogen (secondary N) is 1. The Balaban J connectivity index is 1.52. The molecule has 0 saturated carbocycles. The van der Waals surface area contributed by atoms with Gasteiger partial charge in [0.1, 0.15) is 11.6 Å². The van der Waals surface area contributed by atoms with Crippen LogP contribution in [-0.2, 0) is 24.4 Å². The Morgan fingerprint density at radius 1 is 1.00 bits per heavy atom. The van der Waals surface area contributed by atoms with Crippen LogP contribution in [0.4, 0.5) is 4.39 Å². The van der Waals surface area contributed by atoms with Gasteiger partial charge in [-0.3, -0.25) is 18.7 Å². The molecule has 34 heavy (non-hydrogen) atoms. The molecule has 4 rings (SSSR count). The zero-order valence-electron chi connectivity index (χ0n) is 18.3. The summed E-state index contributed by atoms with van der Waals surface area (Å²) in [6.45, 7) is 0.332. The van der Waals surface area contributed by atoms with Crippen LogP contribution in [0.5, 0.6) is 0 Å². The van der Waals surface area contributed by atoms with Crippen LogP contribution in [0.15, 0.2) is 74.9 Å². The van der Waals surface area contributed by atoms with Gasteiger partial charge in [0.15, 0.2) is 0 Å². The van der Waals surface area contributed by atoms with Crippen LogP contribution in [0.25, 0.3) is 10.9 Å². The number of carbonyl (C=O) groups excluding carboxylic acids is 1. The van der Waals surface area contributed by atoms with Crippen molar-refractivity contribution in [2.45, 2.75) is 38.9 Å². The van der Waals surface area contributed by atoms with Crippen molar-refractivity contribution in [2.75, 3.05) is 0 Å². The number of hydrogen-bond acceptors (Lipinski definition) is 4. The molecule has 0 atom stereocenters. The molecule has 0 saturated heterocycles. The second-order valence-corrected chi connectivity index (χ2v) is 8.26. The van der Waals surface area contributed by atoms with E-state index in [9.17, 15) is 18.8 Å². The van der Waals surface area contributed by atoms with Gasteiger partial charge in [-0.25, -0.2) is 9.18 Å². The van der Waals surface area contributed by atoms with E-state index < -0.39 is 17.1 Å². The smallest absolute Gasteiger partial charge is 0.331 e. The van der Waals surface area contributed by atoms with Gasteiger partial charge < -0.3 is 9.73 Å². The fraction of sp³-hybridized carbons (Fsp3) is 0.240. The normalized spacial score (nSPS) is 11.1. The fourth-order valence-electron chi connectivity index (χ4n) is 3.81. The lowest BCUT2D eigenvalue weighted by molar-refractivity contribution is -0.121. The molecule has 2 aromatic carbocycles. The number of para-hydroxylation sites is 1. The van der Waals surface area contributed by atoms with Gasteiger partial charge in [0.25, 0.3) is 5.56 Å². The quantitative estimate of drug-likeness (QED) is 0.363. The van der Waals surface area contributed by atoms with Gasteiger partial charge in [-0.05, 0) is 49.2 Å². The molecule has 0 fully saturated rings. The van der Waals surface area contributed by atoms with Gasteiger partial charge in [0, 0.05) is 23.6 Å². The third-order valence-corrected chi connectivity index (χ3v) is 5.94. The Kier molecular flexibility index (Phi) is 7.27. The van der Waals surface area contributed by atoms with E-state index in [1.807, 2.05) is 0 Å². The molecule has 1 N–H and O–H groups in total. The van der Waals surface area contributed by atoms with Crippen molar-refractivity contribution in [3.8, 4) is 0 Å². The molecule has 0 aliphatic rings. The minimum Gasteiger partial charge on any atom is -0.467 e. The zero-order chi connectivity index (χ0) is 24.1. The number of furan rings is 1. The van der Waals surface area contributed by atoms with Crippen molar-refractivity contribution in [2.24, 2.45) is 0 Å². The number of benzene rings is 2. The highest BCUT2D eigenvalue weighted by Gasteiger charge is 2.16. The molecule has 0 unspecified atom stereocenters. The molecule has 9 heteroatoms. The number of amides is 1. The number of fused-ring (bicyclic) bond motifs is 1. The predicted octanol–water partition coefficient (Wildman–Crippen LogP) is 4.08. The second kappa shape index (κ2) is 10.5. The molecule has 2 heterocycles. The molecule has 176 valence electrons. The first-order chi connectivity index (χ1) is 16.5. The summed E-state index contributed by atoms with van der Waals surface area (Å²) in [7, 11) is 0. The topological polar surface area (TPSA) is 86.2 Å². The molecule has 0 aliphatic heterocycles. The highest BCUT2D eigenvalue weighted by Crippen LogP contribution is 2.21. The molecular weight excluding hydrogens is 461 g/mol. The Labute approximate surface area is 199 Å². The number of halogens is 2. The van der Waals surface area contributed by atoms with Gasteiger partial charge >= 0.3 is 5.69 Å². The van der Waals surface area contributed by atoms with Gasteiger partial charge in [0.05, 0.1) is 30.3 Å². The Morgan fingerprint density at radius 3 is 2.59 bits per heavy atom. The lowest BCUT2D eigenvalue weighted by Gasteiger charge is -2.15. The van der Waals surface area contributed by atoms with E-state index in [1.54, 1.807) is 42.5 Å². The summed E-state index contributed by atoms with van der Waals surface area (Å²) >= 11 is 6.18. The number of hydrogen-bond donors (Lipinski definition) is 1. The molecule has 0 radical (unpaired) electrons. The molecule has 0 spiro atoms. The minimum atomic E-state index is -0.551.